The van der Waals surface area contributed by atoms with Gasteiger partial charge in [-0.25, -0.2) is 17.7 Å². The van der Waals surface area contributed by atoms with Crippen molar-refractivity contribution < 1.29 is 8.42 Å². The second kappa shape index (κ2) is 7.82. The van der Waals surface area contributed by atoms with Gasteiger partial charge in [-0.05, 0) is 31.7 Å². The second-order valence-corrected chi connectivity index (χ2v) is 9.27. The van der Waals surface area contributed by atoms with Crippen LogP contribution in [0.4, 0.5) is 5.82 Å². The van der Waals surface area contributed by atoms with E-state index < -0.39 is 10.0 Å². The third kappa shape index (κ3) is 3.91. The first-order valence-electron chi connectivity index (χ1n) is 9.29. The van der Waals surface area contributed by atoms with Gasteiger partial charge in [0.1, 0.15) is 5.52 Å². The fourth-order valence-electron chi connectivity index (χ4n) is 3.33. The van der Waals surface area contributed by atoms with E-state index in [-0.39, 0.29) is 5.75 Å². The Morgan fingerprint density at radius 3 is 2.63 bits per heavy atom. The Kier molecular flexibility index (Phi) is 5.67. The third-order valence-corrected chi connectivity index (χ3v) is 6.69. The predicted octanol–water partition coefficient (Wildman–Crippen LogP) is 2.79. The van der Waals surface area contributed by atoms with Gasteiger partial charge in [0.25, 0.3) is 0 Å². The summed E-state index contributed by atoms with van der Waals surface area (Å²) in [6, 6.07) is 7.94. The number of anilines is 1. The van der Waals surface area contributed by atoms with Crippen molar-refractivity contribution >= 4 is 37.6 Å². The molecule has 0 unspecified atom stereocenters. The minimum absolute atomic E-state index is 0.157. The first-order chi connectivity index (χ1) is 12.8. The molecule has 0 amide bonds. The molecule has 0 saturated carbocycles. The number of fused-ring (bicyclic) bond motifs is 3. The molecule has 0 aliphatic heterocycles. The number of nitrogens with zero attached hydrogens (tertiary/aromatic N) is 4. The maximum absolute atomic E-state index is 12.0. The van der Waals surface area contributed by atoms with E-state index in [9.17, 15) is 8.42 Å². The summed E-state index contributed by atoms with van der Waals surface area (Å²) in [5, 5.41) is 6.80. The number of hydrogen-bond donors (Lipinski definition) is 1. The number of pyridine rings is 1. The quantitative estimate of drug-likeness (QED) is 0.598. The van der Waals surface area contributed by atoms with Crippen molar-refractivity contribution in [2.24, 2.45) is 0 Å². The van der Waals surface area contributed by atoms with Gasteiger partial charge in [-0.1, -0.05) is 25.1 Å². The van der Waals surface area contributed by atoms with Gasteiger partial charge in [-0.15, -0.1) is 0 Å². The summed E-state index contributed by atoms with van der Waals surface area (Å²) in [6.45, 7) is 2.91. The second-order valence-electron chi connectivity index (χ2n) is 6.96. The number of nitrogen functional groups attached to an aromatic ring is 1. The van der Waals surface area contributed by atoms with Crippen LogP contribution < -0.4 is 5.73 Å². The average molecular weight is 390 g/mol. The summed E-state index contributed by atoms with van der Waals surface area (Å²) < 4.78 is 27.2. The lowest BCUT2D eigenvalue weighted by molar-refractivity contribution is 0.516. The van der Waals surface area contributed by atoms with Crippen LogP contribution in [0, 0.1) is 0 Å². The average Bonchev–Trinajstić information content (AvgIpc) is 2.98. The van der Waals surface area contributed by atoms with Crippen molar-refractivity contribution in [3.05, 3.63) is 30.0 Å². The van der Waals surface area contributed by atoms with E-state index in [1.54, 1.807) is 14.1 Å². The maximum Gasteiger partial charge on any atom is 0.213 e. The maximum atomic E-state index is 12.0. The lowest BCUT2D eigenvalue weighted by Crippen LogP contribution is -2.25. The molecule has 0 aliphatic carbocycles. The van der Waals surface area contributed by atoms with Gasteiger partial charge in [0.05, 0.1) is 11.3 Å². The molecule has 146 valence electrons. The molecule has 8 heteroatoms. The van der Waals surface area contributed by atoms with Crippen molar-refractivity contribution in [3.63, 3.8) is 0 Å². The van der Waals surface area contributed by atoms with Crippen molar-refractivity contribution in [1.82, 2.24) is 19.1 Å². The van der Waals surface area contributed by atoms with Crippen LogP contribution in [0.3, 0.4) is 0 Å². The lowest BCUT2D eigenvalue weighted by atomic mass is 10.1. The highest BCUT2D eigenvalue weighted by molar-refractivity contribution is 7.89. The zero-order valence-corrected chi connectivity index (χ0v) is 17.0. The number of unbranched alkanes of at least 4 members (excludes halogenated alkanes) is 1. The molecule has 2 N–H and O–H groups in total. The molecule has 3 aromatic rings. The Morgan fingerprint density at radius 2 is 1.93 bits per heavy atom. The molecular formula is C19H27N5O2S. The van der Waals surface area contributed by atoms with Crippen molar-refractivity contribution in [2.45, 2.75) is 39.2 Å². The van der Waals surface area contributed by atoms with Crippen LogP contribution >= 0.6 is 0 Å². The van der Waals surface area contributed by atoms with Gasteiger partial charge in [0, 0.05) is 37.1 Å². The Bertz CT molecular complexity index is 1060. The number of nitrogens with two attached hydrogens (primary N) is 1. The largest absolute Gasteiger partial charge is 0.382 e. The number of rotatable bonds is 8. The summed E-state index contributed by atoms with van der Waals surface area (Å²) in [7, 11) is -0.0216. The molecule has 0 aliphatic rings. The number of aromatic nitrogens is 3. The van der Waals surface area contributed by atoms with Crippen LogP contribution in [0.2, 0.25) is 0 Å². The smallest absolute Gasteiger partial charge is 0.213 e. The molecule has 0 spiro atoms. The summed E-state index contributed by atoms with van der Waals surface area (Å²) in [5.41, 5.74) is 8.88. The summed E-state index contributed by atoms with van der Waals surface area (Å²) in [4.78, 5) is 4.48. The van der Waals surface area contributed by atoms with Gasteiger partial charge >= 0.3 is 0 Å². The van der Waals surface area contributed by atoms with Gasteiger partial charge in [-0.2, -0.15) is 5.10 Å². The first kappa shape index (κ1) is 19.6. The van der Waals surface area contributed by atoms with Crippen LogP contribution in [-0.4, -0.2) is 47.3 Å². The van der Waals surface area contributed by atoms with E-state index in [1.807, 2.05) is 28.9 Å². The van der Waals surface area contributed by atoms with E-state index in [0.717, 1.165) is 53.3 Å². The molecule has 0 saturated heterocycles. The Hall–Kier alpha value is -2.19. The van der Waals surface area contributed by atoms with E-state index in [2.05, 4.69) is 11.9 Å². The molecule has 2 heterocycles. The van der Waals surface area contributed by atoms with Crippen LogP contribution in [0.5, 0.6) is 0 Å². The molecule has 3 rings (SSSR count). The predicted molar refractivity (Wildman–Crippen MR) is 110 cm³/mol. The van der Waals surface area contributed by atoms with Gasteiger partial charge in [0.15, 0.2) is 5.82 Å². The molecule has 0 radical (unpaired) electrons. The SMILES string of the molecule is CCCn1nc2c(N)nc3ccccc3c2c1CCCCS(=O)(=O)N(C)C. The zero-order valence-electron chi connectivity index (χ0n) is 16.1. The van der Waals surface area contributed by atoms with Crippen molar-refractivity contribution in [2.75, 3.05) is 25.6 Å². The molecule has 0 bridgehead atoms. The highest BCUT2D eigenvalue weighted by Gasteiger charge is 2.18. The van der Waals surface area contributed by atoms with E-state index in [4.69, 9.17) is 10.8 Å². The molecule has 7 nitrogen and oxygen atoms in total. The summed E-state index contributed by atoms with van der Waals surface area (Å²) >= 11 is 0. The number of sulfonamides is 1. The Morgan fingerprint density at radius 1 is 1.19 bits per heavy atom. The van der Waals surface area contributed by atoms with E-state index in [0.29, 0.717) is 12.2 Å². The standard InChI is InChI=1S/C19H27N5O2S/c1-4-12-24-16(11-7-8-13-27(25,26)23(2)3)17-14-9-5-6-10-15(14)21-19(20)18(17)22-24/h5-6,9-10H,4,7-8,11-13H2,1-3H3,(H2,20,21). The van der Waals surface area contributed by atoms with Crippen LogP contribution in [0.15, 0.2) is 24.3 Å². The molecule has 2 aromatic heterocycles. The number of para-hydroxylation sites is 1. The van der Waals surface area contributed by atoms with Crippen molar-refractivity contribution in [3.8, 4) is 0 Å². The molecule has 1 aromatic carbocycles. The third-order valence-electron chi connectivity index (χ3n) is 4.77. The fourth-order valence-corrected chi connectivity index (χ4v) is 4.27. The first-order valence-corrected chi connectivity index (χ1v) is 10.9. The normalized spacial score (nSPS) is 12.4. The number of hydrogen-bond acceptors (Lipinski definition) is 5. The monoisotopic (exact) mass is 389 g/mol. The van der Waals surface area contributed by atoms with Crippen LogP contribution in [0.25, 0.3) is 21.8 Å². The number of benzene rings is 1. The minimum atomic E-state index is -3.16. The van der Waals surface area contributed by atoms with Gasteiger partial charge in [-0.3, -0.25) is 4.68 Å². The van der Waals surface area contributed by atoms with Crippen molar-refractivity contribution in [1.29, 1.82) is 0 Å². The van der Waals surface area contributed by atoms with E-state index >= 15 is 0 Å². The van der Waals surface area contributed by atoms with Crippen LogP contribution in [-0.2, 0) is 23.0 Å². The topological polar surface area (TPSA) is 94.1 Å². The molecule has 27 heavy (non-hydrogen) atoms. The Labute approximate surface area is 160 Å². The summed E-state index contributed by atoms with van der Waals surface area (Å²) in [5.74, 6) is 0.597. The molecular weight excluding hydrogens is 362 g/mol. The van der Waals surface area contributed by atoms with Gasteiger partial charge in [0.2, 0.25) is 10.0 Å². The summed E-state index contributed by atoms with van der Waals surface area (Å²) in [6.07, 6.45) is 3.10. The lowest BCUT2D eigenvalue weighted by Gasteiger charge is -2.11. The zero-order chi connectivity index (χ0) is 19.6. The van der Waals surface area contributed by atoms with E-state index in [1.165, 1.54) is 4.31 Å². The number of aryl methyl sites for hydroxylation is 2. The highest BCUT2D eigenvalue weighted by atomic mass is 32.2. The highest BCUT2D eigenvalue weighted by Crippen LogP contribution is 2.31. The molecule has 0 atom stereocenters. The minimum Gasteiger partial charge on any atom is -0.382 e. The van der Waals surface area contributed by atoms with Crippen LogP contribution in [0.1, 0.15) is 31.9 Å². The van der Waals surface area contributed by atoms with Gasteiger partial charge < -0.3 is 5.73 Å². The fraction of sp³-hybridized carbons (Fsp3) is 0.474. The Balaban J connectivity index is 1.96. The molecule has 0 fully saturated rings.